The third kappa shape index (κ3) is 7.44. The van der Waals surface area contributed by atoms with Gasteiger partial charge in [-0.25, -0.2) is 0 Å². The third-order valence-corrected chi connectivity index (χ3v) is 2.56. The molecule has 0 heterocycles. The van der Waals surface area contributed by atoms with Crippen molar-refractivity contribution in [2.24, 2.45) is 5.41 Å². The lowest BCUT2D eigenvalue weighted by Gasteiger charge is -2.15. The minimum Gasteiger partial charge on any atom is -0.299 e. The molecule has 0 radical (unpaired) electrons. The van der Waals surface area contributed by atoms with E-state index >= 15 is 0 Å². The van der Waals surface area contributed by atoms with E-state index in [0.717, 1.165) is 12.8 Å². The number of allylic oxidation sites excluding steroid dienone is 4. The van der Waals surface area contributed by atoms with Gasteiger partial charge in [-0.05, 0) is 33.6 Å². The highest BCUT2D eigenvalue weighted by Crippen LogP contribution is 2.18. The van der Waals surface area contributed by atoms with E-state index in [2.05, 4.69) is 32.9 Å². The first-order valence-electron chi connectivity index (χ1n) is 6.06. The molecule has 0 aliphatic carbocycles. The third-order valence-electron chi connectivity index (χ3n) is 2.56. The van der Waals surface area contributed by atoms with Crippen LogP contribution in [-0.2, 0) is 4.79 Å². The van der Waals surface area contributed by atoms with Gasteiger partial charge in [-0.2, -0.15) is 0 Å². The number of ketones is 1. The molecule has 0 saturated carbocycles. The maximum atomic E-state index is 11.7. The van der Waals surface area contributed by atoms with Crippen molar-refractivity contribution in [2.75, 3.05) is 0 Å². The highest BCUT2D eigenvalue weighted by molar-refractivity contribution is 5.84. The molecule has 0 aliphatic heterocycles. The van der Waals surface area contributed by atoms with Crippen LogP contribution < -0.4 is 0 Å². The minimum atomic E-state index is -0.212. The van der Waals surface area contributed by atoms with Crippen molar-refractivity contribution in [3.63, 3.8) is 0 Å². The molecular formula is C15H26O. The number of hydrogen-bond acceptors (Lipinski definition) is 1. The van der Waals surface area contributed by atoms with Crippen LogP contribution >= 0.6 is 0 Å². The quantitative estimate of drug-likeness (QED) is 0.617. The Balaban J connectivity index is 4.06. The summed E-state index contributed by atoms with van der Waals surface area (Å²) in [5, 5.41) is 0. The Hall–Kier alpha value is -0.850. The number of hydrogen-bond donors (Lipinski definition) is 0. The summed E-state index contributed by atoms with van der Waals surface area (Å²) in [6.45, 7) is 12.3. The fraction of sp³-hybridized carbons (Fsp3) is 0.667. The molecule has 0 fully saturated rings. The molecular weight excluding hydrogens is 196 g/mol. The molecule has 1 heteroatoms. The number of carbonyl (C=O) groups excluding carboxylic acids is 1. The molecule has 92 valence electrons. The fourth-order valence-corrected chi connectivity index (χ4v) is 1.26. The van der Waals surface area contributed by atoms with E-state index in [4.69, 9.17) is 0 Å². The Morgan fingerprint density at radius 2 is 1.62 bits per heavy atom. The second-order valence-electron chi connectivity index (χ2n) is 5.75. The van der Waals surface area contributed by atoms with E-state index in [1.54, 1.807) is 0 Å². The summed E-state index contributed by atoms with van der Waals surface area (Å²) in [5.74, 6) is 0.314. The summed E-state index contributed by atoms with van der Waals surface area (Å²) in [6.07, 6.45) is 7.02. The predicted molar refractivity (Wildman–Crippen MR) is 71.5 cm³/mol. The monoisotopic (exact) mass is 222 g/mol. The molecule has 0 aromatic heterocycles. The number of Topliss-reactive ketones (excluding diaryl/α,β-unsaturated/α-hetero) is 1. The highest BCUT2D eigenvalue weighted by atomic mass is 16.1. The lowest BCUT2D eigenvalue weighted by molar-refractivity contribution is -0.125. The molecule has 0 amide bonds. The second kappa shape index (κ2) is 6.67. The Kier molecular flexibility index (Phi) is 6.32. The van der Waals surface area contributed by atoms with Crippen LogP contribution in [0.15, 0.2) is 23.3 Å². The van der Waals surface area contributed by atoms with E-state index in [0.29, 0.717) is 12.2 Å². The predicted octanol–water partition coefficient (Wildman–Crippen LogP) is 4.68. The van der Waals surface area contributed by atoms with E-state index in [9.17, 15) is 4.79 Å². The lowest BCUT2D eigenvalue weighted by Crippen LogP contribution is -2.18. The molecule has 0 rings (SSSR count). The van der Waals surface area contributed by atoms with Crippen LogP contribution in [0.4, 0.5) is 0 Å². The Bertz CT molecular complexity index is 283. The molecule has 0 aliphatic rings. The first-order valence-corrected chi connectivity index (χ1v) is 6.06. The Morgan fingerprint density at radius 3 is 2.06 bits per heavy atom. The number of carbonyl (C=O) groups is 1. The molecule has 0 unspecified atom stereocenters. The van der Waals surface area contributed by atoms with Crippen molar-refractivity contribution >= 4 is 5.78 Å². The number of rotatable bonds is 5. The average molecular weight is 222 g/mol. The first kappa shape index (κ1) is 15.2. The van der Waals surface area contributed by atoms with Crippen molar-refractivity contribution in [1.82, 2.24) is 0 Å². The first-order chi connectivity index (χ1) is 7.23. The zero-order valence-electron chi connectivity index (χ0n) is 11.7. The van der Waals surface area contributed by atoms with Gasteiger partial charge in [-0.15, -0.1) is 0 Å². The summed E-state index contributed by atoms with van der Waals surface area (Å²) in [4.78, 5) is 11.7. The maximum Gasteiger partial charge on any atom is 0.141 e. The van der Waals surface area contributed by atoms with Gasteiger partial charge in [0.1, 0.15) is 5.78 Å². The summed E-state index contributed by atoms with van der Waals surface area (Å²) in [5.41, 5.74) is 2.46. The van der Waals surface area contributed by atoms with Gasteiger partial charge in [-0.3, -0.25) is 4.79 Å². The molecule has 0 saturated heterocycles. The van der Waals surface area contributed by atoms with Gasteiger partial charge in [0.05, 0.1) is 0 Å². The zero-order chi connectivity index (χ0) is 12.8. The van der Waals surface area contributed by atoms with Gasteiger partial charge in [-0.1, -0.05) is 44.1 Å². The van der Waals surface area contributed by atoms with Crippen molar-refractivity contribution in [3.05, 3.63) is 23.3 Å². The lowest BCUT2D eigenvalue weighted by atomic mass is 9.88. The molecule has 0 aromatic carbocycles. The summed E-state index contributed by atoms with van der Waals surface area (Å²) in [7, 11) is 0. The molecule has 0 bridgehead atoms. The van der Waals surface area contributed by atoms with Crippen LogP contribution in [0, 0.1) is 5.41 Å². The zero-order valence-corrected chi connectivity index (χ0v) is 11.7. The largest absolute Gasteiger partial charge is 0.299 e. The van der Waals surface area contributed by atoms with Crippen LogP contribution in [0.1, 0.15) is 60.8 Å². The van der Waals surface area contributed by atoms with E-state index in [1.165, 1.54) is 11.1 Å². The maximum absolute atomic E-state index is 11.7. The van der Waals surface area contributed by atoms with Crippen LogP contribution in [-0.4, -0.2) is 5.78 Å². The van der Waals surface area contributed by atoms with Crippen LogP contribution in [0.2, 0.25) is 0 Å². The second-order valence-corrected chi connectivity index (χ2v) is 5.75. The topological polar surface area (TPSA) is 17.1 Å². The van der Waals surface area contributed by atoms with Gasteiger partial charge >= 0.3 is 0 Å². The van der Waals surface area contributed by atoms with E-state index in [1.807, 2.05) is 20.8 Å². The average Bonchev–Trinajstić information content (AvgIpc) is 2.11. The molecule has 1 nitrogen and oxygen atoms in total. The van der Waals surface area contributed by atoms with E-state index < -0.39 is 0 Å². The molecule has 0 spiro atoms. The standard InChI is InChI=1S/C15H26O/c1-12(2)8-7-9-13(3)10-11-14(16)15(4,5)6/h8,10H,7,9,11H2,1-6H3. The van der Waals surface area contributed by atoms with Gasteiger partial charge < -0.3 is 0 Å². The Morgan fingerprint density at radius 1 is 1.06 bits per heavy atom. The van der Waals surface area contributed by atoms with Gasteiger partial charge in [0, 0.05) is 11.8 Å². The van der Waals surface area contributed by atoms with E-state index in [-0.39, 0.29) is 5.41 Å². The fourth-order valence-electron chi connectivity index (χ4n) is 1.26. The van der Waals surface area contributed by atoms with Crippen LogP contribution in [0.5, 0.6) is 0 Å². The normalized spacial score (nSPS) is 12.5. The van der Waals surface area contributed by atoms with Crippen molar-refractivity contribution in [3.8, 4) is 0 Å². The van der Waals surface area contributed by atoms with Crippen molar-refractivity contribution in [1.29, 1.82) is 0 Å². The van der Waals surface area contributed by atoms with Crippen LogP contribution in [0.3, 0.4) is 0 Å². The van der Waals surface area contributed by atoms with Crippen LogP contribution in [0.25, 0.3) is 0 Å². The van der Waals surface area contributed by atoms with Gasteiger partial charge in [0.25, 0.3) is 0 Å². The summed E-state index contributed by atoms with van der Waals surface area (Å²) < 4.78 is 0. The molecule has 0 atom stereocenters. The van der Waals surface area contributed by atoms with Crippen molar-refractivity contribution in [2.45, 2.75) is 60.8 Å². The summed E-state index contributed by atoms with van der Waals surface area (Å²) in [6, 6.07) is 0. The molecule has 16 heavy (non-hydrogen) atoms. The summed E-state index contributed by atoms with van der Waals surface area (Å²) >= 11 is 0. The van der Waals surface area contributed by atoms with Crippen molar-refractivity contribution < 1.29 is 4.79 Å². The molecule has 0 aromatic rings. The SMILES string of the molecule is CC(C)=CCCC(C)=CCC(=O)C(C)(C)C. The van der Waals surface area contributed by atoms with Gasteiger partial charge in [0.15, 0.2) is 0 Å². The molecule has 0 N–H and O–H groups in total. The smallest absolute Gasteiger partial charge is 0.141 e. The Labute approximate surface area is 101 Å². The highest BCUT2D eigenvalue weighted by Gasteiger charge is 2.19. The minimum absolute atomic E-state index is 0.212. The van der Waals surface area contributed by atoms with Gasteiger partial charge in [0.2, 0.25) is 0 Å².